The van der Waals surface area contributed by atoms with E-state index in [4.69, 9.17) is 9.47 Å². The van der Waals surface area contributed by atoms with Crippen LogP contribution in [0.1, 0.15) is 58.8 Å². The molecule has 0 saturated carbocycles. The summed E-state index contributed by atoms with van der Waals surface area (Å²) in [6, 6.07) is 9.37. The number of unbranched alkanes of at least 4 members (excludes halogenated alkanes) is 6. The van der Waals surface area contributed by atoms with Crippen LogP contribution in [0.5, 0.6) is 5.75 Å². The molecule has 3 heteroatoms. The van der Waals surface area contributed by atoms with E-state index < -0.39 is 0 Å². The van der Waals surface area contributed by atoms with Crippen molar-refractivity contribution in [1.82, 2.24) is 0 Å². The monoisotopic (exact) mass is 304 g/mol. The summed E-state index contributed by atoms with van der Waals surface area (Å²) in [6.45, 7) is 4.41. The lowest BCUT2D eigenvalue weighted by atomic mass is 10.1. The smallest absolute Gasteiger partial charge is 0.336 e. The van der Waals surface area contributed by atoms with Gasteiger partial charge in [0.15, 0.2) is 0 Å². The van der Waals surface area contributed by atoms with Crippen LogP contribution in [0.4, 0.5) is 0 Å². The van der Waals surface area contributed by atoms with Crippen molar-refractivity contribution in [1.29, 1.82) is 0 Å². The second-order valence-electron chi connectivity index (χ2n) is 5.49. The topological polar surface area (TPSA) is 35.5 Å². The number of hydrogen-bond acceptors (Lipinski definition) is 3. The highest BCUT2D eigenvalue weighted by Crippen LogP contribution is 2.10. The first-order chi connectivity index (χ1) is 10.7. The molecule has 0 radical (unpaired) electrons. The summed E-state index contributed by atoms with van der Waals surface area (Å²) in [6.07, 6.45) is 9.92. The third-order valence-electron chi connectivity index (χ3n) is 3.42. The van der Waals surface area contributed by atoms with Crippen LogP contribution in [0.2, 0.25) is 0 Å². The predicted octanol–water partition coefficient (Wildman–Crippen LogP) is 5.26. The van der Waals surface area contributed by atoms with Gasteiger partial charge in [0.25, 0.3) is 0 Å². The van der Waals surface area contributed by atoms with Crippen molar-refractivity contribution in [2.24, 2.45) is 0 Å². The summed E-state index contributed by atoms with van der Waals surface area (Å²) in [5, 5.41) is 0. The third-order valence-corrected chi connectivity index (χ3v) is 3.42. The maximum absolute atomic E-state index is 11.8. The van der Waals surface area contributed by atoms with Crippen molar-refractivity contribution in [3.63, 3.8) is 0 Å². The minimum absolute atomic E-state index is 0.304. The molecule has 0 heterocycles. The molecule has 0 aliphatic rings. The van der Waals surface area contributed by atoms with Crippen LogP contribution in [-0.4, -0.2) is 12.6 Å². The van der Waals surface area contributed by atoms with Gasteiger partial charge in [-0.2, -0.15) is 0 Å². The molecule has 0 spiro atoms. The van der Waals surface area contributed by atoms with E-state index in [0.717, 1.165) is 12.8 Å². The Kier molecular flexibility index (Phi) is 9.84. The minimum atomic E-state index is -0.304. The van der Waals surface area contributed by atoms with E-state index in [0.29, 0.717) is 17.9 Å². The van der Waals surface area contributed by atoms with Crippen molar-refractivity contribution < 1.29 is 14.3 Å². The third kappa shape index (κ3) is 8.50. The van der Waals surface area contributed by atoms with Gasteiger partial charge in [0.05, 0.1) is 12.2 Å². The standard InChI is InChI=1S/C19H28O3/c1-3-4-5-6-7-8-12-15-21-19(20)17(2)16-22-18-13-10-9-11-14-18/h9-11,13-14,16H,3-8,12,15H2,1-2H3/b17-16+. The molecular formula is C19H28O3. The molecule has 22 heavy (non-hydrogen) atoms. The second kappa shape index (κ2) is 11.8. The maximum Gasteiger partial charge on any atom is 0.336 e. The molecule has 122 valence electrons. The number of para-hydroxylation sites is 1. The number of carbonyl (C=O) groups is 1. The van der Waals surface area contributed by atoms with Crippen molar-refractivity contribution in [3.8, 4) is 5.75 Å². The molecule has 1 rings (SSSR count). The van der Waals surface area contributed by atoms with Crippen LogP contribution in [-0.2, 0) is 9.53 Å². The molecule has 0 saturated heterocycles. The largest absolute Gasteiger partial charge is 0.464 e. The lowest BCUT2D eigenvalue weighted by Crippen LogP contribution is -2.08. The highest BCUT2D eigenvalue weighted by atomic mass is 16.5. The first-order valence-electron chi connectivity index (χ1n) is 8.29. The summed E-state index contributed by atoms with van der Waals surface area (Å²) in [5.74, 6) is 0.406. The number of rotatable bonds is 11. The molecule has 0 aliphatic carbocycles. The average Bonchev–Trinajstić information content (AvgIpc) is 2.55. The van der Waals surface area contributed by atoms with E-state index in [-0.39, 0.29) is 5.97 Å². The van der Waals surface area contributed by atoms with Gasteiger partial charge in [-0.25, -0.2) is 4.79 Å². The van der Waals surface area contributed by atoms with Crippen LogP contribution in [0.25, 0.3) is 0 Å². The summed E-state index contributed by atoms with van der Waals surface area (Å²) < 4.78 is 10.6. The first-order valence-corrected chi connectivity index (χ1v) is 8.29. The molecule has 3 nitrogen and oxygen atoms in total. The molecule has 0 N–H and O–H groups in total. The average molecular weight is 304 g/mol. The highest BCUT2D eigenvalue weighted by Gasteiger charge is 2.06. The molecule has 0 atom stereocenters. The van der Waals surface area contributed by atoms with Gasteiger partial charge in [-0.05, 0) is 25.5 Å². The molecule has 1 aromatic rings. The summed E-state index contributed by atoms with van der Waals surface area (Å²) in [4.78, 5) is 11.8. The molecule has 0 aliphatic heterocycles. The van der Waals surface area contributed by atoms with Gasteiger partial charge in [0.2, 0.25) is 0 Å². The van der Waals surface area contributed by atoms with Gasteiger partial charge in [0, 0.05) is 0 Å². The lowest BCUT2D eigenvalue weighted by Gasteiger charge is -2.06. The van der Waals surface area contributed by atoms with Crippen LogP contribution in [0.3, 0.4) is 0 Å². The van der Waals surface area contributed by atoms with Gasteiger partial charge in [-0.1, -0.05) is 63.6 Å². The number of carbonyl (C=O) groups excluding carboxylic acids is 1. The van der Waals surface area contributed by atoms with Crippen molar-refractivity contribution in [2.45, 2.75) is 58.8 Å². The SMILES string of the molecule is CCCCCCCCCOC(=O)/C(C)=C/Oc1ccccc1. The van der Waals surface area contributed by atoms with Gasteiger partial charge in [-0.3, -0.25) is 0 Å². The van der Waals surface area contributed by atoms with Gasteiger partial charge in [-0.15, -0.1) is 0 Å². The Morgan fingerprint density at radius 3 is 2.32 bits per heavy atom. The Hall–Kier alpha value is -1.77. The Morgan fingerprint density at radius 2 is 1.64 bits per heavy atom. The van der Waals surface area contributed by atoms with Crippen molar-refractivity contribution in [3.05, 3.63) is 42.2 Å². The maximum atomic E-state index is 11.8. The number of hydrogen-bond donors (Lipinski definition) is 0. The Bertz CT molecular complexity index is 437. The number of esters is 1. The van der Waals surface area contributed by atoms with Crippen LogP contribution in [0, 0.1) is 0 Å². The zero-order valence-corrected chi connectivity index (χ0v) is 13.8. The fraction of sp³-hybridized carbons (Fsp3) is 0.526. The fourth-order valence-corrected chi connectivity index (χ4v) is 2.04. The van der Waals surface area contributed by atoms with Gasteiger partial charge >= 0.3 is 5.97 Å². The fourth-order valence-electron chi connectivity index (χ4n) is 2.04. The summed E-state index contributed by atoms with van der Waals surface area (Å²) in [7, 11) is 0. The predicted molar refractivity (Wildman–Crippen MR) is 89.8 cm³/mol. The second-order valence-corrected chi connectivity index (χ2v) is 5.49. The zero-order chi connectivity index (χ0) is 16.0. The summed E-state index contributed by atoms with van der Waals surface area (Å²) >= 11 is 0. The van der Waals surface area contributed by atoms with Crippen LogP contribution in [0.15, 0.2) is 42.2 Å². The van der Waals surface area contributed by atoms with Crippen LogP contribution >= 0.6 is 0 Å². The molecule has 0 fully saturated rings. The molecule has 0 bridgehead atoms. The summed E-state index contributed by atoms with van der Waals surface area (Å²) in [5.41, 5.74) is 0.479. The molecule has 1 aromatic carbocycles. The minimum Gasteiger partial charge on any atom is -0.464 e. The van der Waals surface area contributed by atoms with E-state index in [1.54, 1.807) is 6.92 Å². The Balaban J connectivity index is 2.11. The van der Waals surface area contributed by atoms with Crippen LogP contribution < -0.4 is 4.74 Å². The normalized spacial score (nSPS) is 11.3. The van der Waals surface area contributed by atoms with Gasteiger partial charge in [0.1, 0.15) is 12.0 Å². The zero-order valence-electron chi connectivity index (χ0n) is 13.8. The van der Waals surface area contributed by atoms with Crippen molar-refractivity contribution >= 4 is 5.97 Å². The molecule has 0 unspecified atom stereocenters. The van der Waals surface area contributed by atoms with E-state index in [2.05, 4.69) is 6.92 Å². The van der Waals surface area contributed by atoms with E-state index in [1.165, 1.54) is 38.4 Å². The lowest BCUT2D eigenvalue weighted by molar-refractivity contribution is -0.139. The van der Waals surface area contributed by atoms with E-state index in [1.807, 2.05) is 30.3 Å². The highest BCUT2D eigenvalue weighted by molar-refractivity contribution is 5.87. The molecular weight excluding hydrogens is 276 g/mol. The Morgan fingerprint density at radius 1 is 1.00 bits per heavy atom. The number of ether oxygens (including phenoxy) is 2. The van der Waals surface area contributed by atoms with Gasteiger partial charge < -0.3 is 9.47 Å². The number of benzene rings is 1. The van der Waals surface area contributed by atoms with E-state index >= 15 is 0 Å². The van der Waals surface area contributed by atoms with E-state index in [9.17, 15) is 4.79 Å². The first kappa shape index (κ1) is 18.3. The quantitative estimate of drug-likeness (QED) is 0.242. The Labute approximate surface area is 134 Å². The molecule has 0 amide bonds. The van der Waals surface area contributed by atoms with Crippen molar-refractivity contribution in [2.75, 3.05) is 6.61 Å². The molecule has 0 aromatic heterocycles.